The van der Waals surface area contributed by atoms with E-state index in [1.54, 1.807) is 13.2 Å². The molecular formula is C20H24N4O2. The van der Waals surface area contributed by atoms with Crippen LogP contribution in [-0.2, 0) is 13.0 Å². The van der Waals surface area contributed by atoms with Gasteiger partial charge in [-0.25, -0.2) is 9.97 Å². The summed E-state index contributed by atoms with van der Waals surface area (Å²) in [5.74, 6) is 2.57. The number of hydrogen-bond donors (Lipinski definition) is 0. The van der Waals surface area contributed by atoms with Gasteiger partial charge in [-0.15, -0.1) is 0 Å². The molecule has 0 aliphatic carbocycles. The largest absolute Gasteiger partial charge is 0.497 e. The van der Waals surface area contributed by atoms with Gasteiger partial charge in [0.25, 0.3) is 5.91 Å². The lowest BCUT2D eigenvalue weighted by atomic mass is 10.0. The number of anilines is 1. The van der Waals surface area contributed by atoms with Gasteiger partial charge in [-0.2, -0.15) is 0 Å². The van der Waals surface area contributed by atoms with Crippen LogP contribution in [0.4, 0.5) is 5.82 Å². The van der Waals surface area contributed by atoms with Gasteiger partial charge in [0.2, 0.25) is 0 Å². The highest BCUT2D eigenvalue weighted by Gasteiger charge is 2.28. The number of carbonyl (C=O) groups excluding carboxylic acids is 1. The molecule has 2 aromatic rings. The molecule has 0 atom stereocenters. The molecule has 136 valence electrons. The fourth-order valence-electron chi connectivity index (χ4n) is 3.82. The number of nitrogens with zero attached hydrogens (tertiary/aromatic N) is 4. The summed E-state index contributed by atoms with van der Waals surface area (Å²) in [5.41, 5.74) is 2.86. The summed E-state index contributed by atoms with van der Waals surface area (Å²) < 4.78 is 5.25. The predicted octanol–water partition coefficient (Wildman–Crippen LogP) is 2.59. The SMILES string of the molecule is COc1cccc(C(=O)N2CCc3nc(C)nc(N4CCCC4)c3C2)c1. The molecule has 26 heavy (non-hydrogen) atoms. The Morgan fingerprint density at radius 1 is 1.15 bits per heavy atom. The molecule has 1 saturated heterocycles. The van der Waals surface area contributed by atoms with Crippen LogP contribution in [0.15, 0.2) is 24.3 Å². The first-order chi connectivity index (χ1) is 12.7. The normalized spacial score (nSPS) is 16.5. The van der Waals surface area contributed by atoms with Crippen molar-refractivity contribution in [1.29, 1.82) is 0 Å². The monoisotopic (exact) mass is 352 g/mol. The summed E-state index contributed by atoms with van der Waals surface area (Å²) in [6.45, 7) is 5.27. The Morgan fingerprint density at radius 2 is 1.96 bits per heavy atom. The zero-order chi connectivity index (χ0) is 18.1. The van der Waals surface area contributed by atoms with Crippen molar-refractivity contribution in [2.75, 3.05) is 31.6 Å². The van der Waals surface area contributed by atoms with Gasteiger partial charge in [0.15, 0.2) is 0 Å². The summed E-state index contributed by atoms with van der Waals surface area (Å²) in [5, 5.41) is 0. The highest BCUT2D eigenvalue weighted by atomic mass is 16.5. The lowest BCUT2D eigenvalue weighted by Crippen LogP contribution is -2.38. The molecule has 1 amide bonds. The zero-order valence-corrected chi connectivity index (χ0v) is 15.4. The van der Waals surface area contributed by atoms with Crippen LogP contribution in [0.3, 0.4) is 0 Å². The van der Waals surface area contributed by atoms with Crippen molar-refractivity contribution in [2.24, 2.45) is 0 Å². The topological polar surface area (TPSA) is 58.6 Å². The molecule has 1 aromatic heterocycles. The van der Waals surface area contributed by atoms with E-state index in [-0.39, 0.29) is 5.91 Å². The fourth-order valence-corrected chi connectivity index (χ4v) is 3.82. The van der Waals surface area contributed by atoms with Crippen LogP contribution in [-0.4, -0.2) is 47.5 Å². The van der Waals surface area contributed by atoms with Gasteiger partial charge in [0.05, 0.1) is 19.3 Å². The van der Waals surface area contributed by atoms with Crippen LogP contribution in [0.5, 0.6) is 5.75 Å². The second-order valence-electron chi connectivity index (χ2n) is 6.92. The number of hydrogen-bond acceptors (Lipinski definition) is 5. The average molecular weight is 352 g/mol. The number of aryl methyl sites for hydroxylation is 1. The van der Waals surface area contributed by atoms with Crippen LogP contribution in [0.2, 0.25) is 0 Å². The molecule has 0 spiro atoms. The third-order valence-corrected chi connectivity index (χ3v) is 5.16. The maximum atomic E-state index is 13.0. The average Bonchev–Trinajstić information content (AvgIpc) is 3.21. The van der Waals surface area contributed by atoms with E-state index in [1.807, 2.05) is 30.0 Å². The molecule has 3 heterocycles. The molecule has 6 nitrogen and oxygen atoms in total. The van der Waals surface area contributed by atoms with Gasteiger partial charge in [0, 0.05) is 37.2 Å². The van der Waals surface area contributed by atoms with Crippen molar-refractivity contribution >= 4 is 11.7 Å². The second kappa shape index (κ2) is 6.94. The predicted molar refractivity (Wildman–Crippen MR) is 99.7 cm³/mol. The molecule has 0 saturated carbocycles. The Balaban J connectivity index is 1.63. The highest BCUT2D eigenvalue weighted by molar-refractivity contribution is 5.94. The fraction of sp³-hybridized carbons (Fsp3) is 0.450. The minimum atomic E-state index is 0.0301. The van der Waals surface area contributed by atoms with Gasteiger partial charge in [-0.1, -0.05) is 6.07 Å². The molecule has 6 heteroatoms. The number of ether oxygens (including phenoxy) is 1. The second-order valence-corrected chi connectivity index (χ2v) is 6.92. The van der Waals surface area contributed by atoms with Crippen molar-refractivity contribution in [3.8, 4) is 5.75 Å². The molecule has 0 unspecified atom stereocenters. The van der Waals surface area contributed by atoms with E-state index in [2.05, 4.69) is 9.88 Å². The quantitative estimate of drug-likeness (QED) is 0.850. The maximum absolute atomic E-state index is 13.0. The first-order valence-corrected chi connectivity index (χ1v) is 9.20. The van der Waals surface area contributed by atoms with Gasteiger partial charge in [0.1, 0.15) is 17.4 Å². The van der Waals surface area contributed by atoms with Crippen LogP contribution >= 0.6 is 0 Å². The van der Waals surface area contributed by atoms with Crippen molar-refractivity contribution in [3.05, 3.63) is 46.9 Å². The number of aromatic nitrogens is 2. The van der Waals surface area contributed by atoms with E-state index in [0.717, 1.165) is 42.4 Å². The van der Waals surface area contributed by atoms with E-state index < -0.39 is 0 Å². The molecule has 0 radical (unpaired) electrons. The summed E-state index contributed by atoms with van der Waals surface area (Å²) in [6.07, 6.45) is 3.17. The summed E-state index contributed by atoms with van der Waals surface area (Å²) in [7, 11) is 1.61. The first kappa shape index (κ1) is 16.8. The number of benzene rings is 1. The standard InChI is InChI=1S/C20H24N4O2/c1-14-21-18-8-11-24(20(25)15-6-5-7-16(12-15)26-2)13-17(18)19(22-14)23-9-3-4-10-23/h5-7,12H,3-4,8-11,13H2,1-2H3. The zero-order valence-electron chi connectivity index (χ0n) is 15.4. The van der Waals surface area contributed by atoms with Crippen molar-refractivity contribution in [1.82, 2.24) is 14.9 Å². The number of amides is 1. The summed E-state index contributed by atoms with van der Waals surface area (Å²) >= 11 is 0. The molecular weight excluding hydrogens is 328 g/mol. The van der Waals surface area contributed by atoms with E-state index in [4.69, 9.17) is 9.72 Å². The van der Waals surface area contributed by atoms with Gasteiger partial charge >= 0.3 is 0 Å². The summed E-state index contributed by atoms with van der Waals surface area (Å²) in [6, 6.07) is 7.34. The number of fused-ring (bicyclic) bond motifs is 1. The Bertz CT molecular complexity index is 831. The third kappa shape index (κ3) is 3.11. The lowest BCUT2D eigenvalue weighted by molar-refractivity contribution is 0.0733. The van der Waals surface area contributed by atoms with Gasteiger partial charge in [-0.3, -0.25) is 4.79 Å². The Labute approximate surface area is 153 Å². The van der Waals surface area contributed by atoms with Crippen LogP contribution in [0, 0.1) is 6.92 Å². The van der Waals surface area contributed by atoms with E-state index in [9.17, 15) is 4.79 Å². The smallest absolute Gasteiger partial charge is 0.254 e. The van der Waals surface area contributed by atoms with E-state index >= 15 is 0 Å². The van der Waals surface area contributed by atoms with Crippen molar-refractivity contribution in [2.45, 2.75) is 32.7 Å². The molecule has 2 aliphatic rings. The molecule has 2 aliphatic heterocycles. The third-order valence-electron chi connectivity index (χ3n) is 5.16. The molecule has 0 bridgehead atoms. The Morgan fingerprint density at radius 3 is 2.73 bits per heavy atom. The highest BCUT2D eigenvalue weighted by Crippen LogP contribution is 2.29. The molecule has 1 fully saturated rings. The van der Waals surface area contributed by atoms with E-state index in [0.29, 0.717) is 24.4 Å². The van der Waals surface area contributed by atoms with Crippen LogP contribution in [0.25, 0.3) is 0 Å². The lowest BCUT2D eigenvalue weighted by Gasteiger charge is -2.31. The van der Waals surface area contributed by atoms with Crippen LogP contribution in [0.1, 0.15) is 40.3 Å². The van der Waals surface area contributed by atoms with Crippen LogP contribution < -0.4 is 9.64 Å². The molecule has 4 rings (SSSR count). The number of rotatable bonds is 3. The summed E-state index contributed by atoms with van der Waals surface area (Å²) in [4.78, 5) is 26.6. The number of methoxy groups -OCH3 is 1. The maximum Gasteiger partial charge on any atom is 0.254 e. The molecule has 0 N–H and O–H groups in total. The van der Waals surface area contributed by atoms with Gasteiger partial charge < -0.3 is 14.5 Å². The minimum absolute atomic E-state index is 0.0301. The van der Waals surface area contributed by atoms with E-state index in [1.165, 1.54) is 12.8 Å². The first-order valence-electron chi connectivity index (χ1n) is 9.20. The van der Waals surface area contributed by atoms with Crippen molar-refractivity contribution in [3.63, 3.8) is 0 Å². The van der Waals surface area contributed by atoms with Crippen molar-refractivity contribution < 1.29 is 9.53 Å². The van der Waals surface area contributed by atoms with Gasteiger partial charge in [-0.05, 0) is 38.0 Å². The molecule has 1 aromatic carbocycles. The number of carbonyl (C=O) groups is 1. The Hall–Kier alpha value is -2.63. The minimum Gasteiger partial charge on any atom is -0.497 e. The Kier molecular flexibility index (Phi) is 4.49.